The first-order chi connectivity index (χ1) is 6.90. The monoisotopic (exact) mass is 250 g/mol. The second-order valence-electron chi connectivity index (χ2n) is 2.96. The van der Waals surface area contributed by atoms with Crippen LogP contribution < -0.4 is 29.6 Å². The summed E-state index contributed by atoms with van der Waals surface area (Å²) in [6, 6.07) is 0. The van der Waals surface area contributed by atoms with Crippen LogP contribution in [0, 0.1) is 0 Å². The summed E-state index contributed by atoms with van der Waals surface area (Å²) < 4.78 is 4.13. The molecule has 0 radical (unpaired) electrons. The molecule has 10 heteroatoms. The zero-order valence-electron chi connectivity index (χ0n) is 9.84. The van der Waals surface area contributed by atoms with Gasteiger partial charge in [0.05, 0.1) is 13.2 Å². The van der Waals surface area contributed by atoms with E-state index in [1.807, 2.05) is 0 Å². The Labute approximate surface area is 116 Å². The van der Waals surface area contributed by atoms with Crippen LogP contribution in [0.3, 0.4) is 0 Å². The Kier molecular flexibility index (Phi) is 11.6. The second-order valence-corrected chi connectivity index (χ2v) is 2.96. The Morgan fingerprint density at radius 1 is 1.00 bits per heavy atom. The number of aliphatic hydroxyl groups is 5. The molecule has 0 aliphatic heterocycles. The fraction of sp³-hybridized carbons (Fsp3) is 1.00. The molecule has 0 saturated carbocycles. The fourth-order valence-corrected chi connectivity index (χ4v) is 0.846. The van der Waals surface area contributed by atoms with Gasteiger partial charge in [-0.15, -0.1) is 0 Å². The second kappa shape index (κ2) is 9.74. The Morgan fingerprint density at radius 3 is 1.81 bits per heavy atom. The van der Waals surface area contributed by atoms with Crippen LogP contribution in [0.4, 0.5) is 0 Å². The van der Waals surface area contributed by atoms with E-state index >= 15 is 0 Å². The summed E-state index contributed by atoms with van der Waals surface area (Å²) in [4.78, 5) is 0. The summed E-state index contributed by atoms with van der Waals surface area (Å²) in [6.45, 7) is -1.43. The van der Waals surface area contributed by atoms with Gasteiger partial charge in [0.25, 0.3) is 0 Å². The topological polar surface area (TPSA) is 151 Å². The molecule has 0 aromatic rings. The number of hydrogen-bond acceptors (Lipinski definition) is 8. The van der Waals surface area contributed by atoms with Crippen molar-refractivity contribution in [2.45, 2.75) is 24.4 Å². The molecule has 0 aliphatic rings. The largest absolute Gasteiger partial charge is 1.00 e. The van der Waals surface area contributed by atoms with E-state index in [2.05, 4.69) is 4.65 Å². The van der Waals surface area contributed by atoms with E-state index in [9.17, 15) is 5.11 Å². The van der Waals surface area contributed by atoms with Crippen molar-refractivity contribution in [3.05, 3.63) is 0 Å². The Bertz CT molecular complexity index is 178. The molecule has 8 nitrogen and oxygen atoms in total. The minimum Gasteiger partial charge on any atom is -1.00 e. The van der Waals surface area contributed by atoms with Crippen LogP contribution in [-0.4, -0.2) is 80.5 Å². The minimum atomic E-state index is -2.10. The van der Waals surface area contributed by atoms with E-state index in [1.165, 1.54) is 0 Å². The quantitative estimate of drug-likeness (QED) is 0.220. The van der Waals surface area contributed by atoms with Crippen molar-refractivity contribution in [2.24, 2.45) is 0 Å². The predicted octanol–water partition coefficient (Wildman–Crippen LogP) is -7.48. The smallest absolute Gasteiger partial charge is 1.00 e. The predicted molar refractivity (Wildman–Crippen MR) is 48.4 cm³/mol. The molecule has 92 valence electrons. The van der Waals surface area contributed by atoms with E-state index in [-0.39, 0.29) is 31.0 Å². The molecule has 0 spiro atoms. The molecule has 0 amide bonds. The average molecular weight is 250 g/mol. The molecular formula is C6H16BNaO8. The van der Waals surface area contributed by atoms with E-state index in [0.717, 1.165) is 0 Å². The molecule has 0 fully saturated rings. The minimum absolute atomic E-state index is 0. The molecule has 0 bridgehead atoms. The molecule has 0 aliphatic carbocycles. The zero-order valence-corrected chi connectivity index (χ0v) is 10.8. The first-order valence-corrected chi connectivity index (χ1v) is 4.21. The first kappa shape index (κ1) is 19.1. The van der Waals surface area contributed by atoms with Crippen LogP contribution in [0.5, 0.6) is 0 Å². The number of hydrogen-bond donors (Lipinski definition) is 7. The summed E-state index contributed by atoms with van der Waals surface area (Å²) in [6.07, 6.45) is -6.76. The normalized spacial score (nSPS) is 18.2. The van der Waals surface area contributed by atoms with Gasteiger partial charge in [0, 0.05) is 0 Å². The van der Waals surface area contributed by atoms with Gasteiger partial charge in [-0.25, -0.2) is 0 Å². The van der Waals surface area contributed by atoms with Crippen LogP contribution in [0.25, 0.3) is 0 Å². The van der Waals surface area contributed by atoms with Crippen molar-refractivity contribution in [1.82, 2.24) is 0 Å². The van der Waals surface area contributed by atoms with Gasteiger partial charge >= 0.3 is 36.9 Å². The van der Waals surface area contributed by atoms with Crippen LogP contribution in [0.1, 0.15) is 1.43 Å². The van der Waals surface area contributed by atoms with Crippen molar-refractivity contribution in [3.8, 4) is 0 Å². The van der Waals surface area contributed by atoms with E-state index < -0.39 is 45.0 Å². The van der Waals surface area contributed by atoms with Gasteiger partial charge in [-0.1, -0.05) is 0 Å². The van der Waals surface area contributed by atoms with Crippen molar-refractivity contribution >= 4 is 7.32 Å². The van der Waals surface area contributed by atoms with E-state index in [4.69, 9.17) is 30.5 Å². The Morgan fingerprint density at radius 2 is 1.44 bits per heavy atom. The maximum atomic E-state index is 9.19. The van der Waals surface area contributed by atoms with Gasteiger partial charge in [-0.05, 0) is 0 Å². The standard InChI is InChI=1S/C6H15BO8.Na.H/c8-1-3(9)5(11)6(12)4(10)2-15-7(13)14;;/h3-6,8-14H,1-2H2;;/q;+1;-1/t3-,4-,5-,6-;;/m1../s1. The van der Waals surface area contributed by atoms with Crippen molar-refractivity contribution < 1.29 is 71.2 Å². The Balaban J connectivity index is -0.000000980. The van der Waals surface area contributed by atoms with Gasteiger partial charge in [0.15, 0.2) is 0 Å². The molecule has 16 heavy (non-hydrogen) atoms. The molecular weight excluding hydrogens is 234 g/mol. The summed E-state index contributed by atoms with van der Waals surface area (Å²) >= 11 is 0. The van der Waals surface area contributed by atoms with Gasteiger partial charge in [-0.2, -0.15) is 0 Å². The van der Waals surface area contributed by atoms with Crippen LogP contribution in [0.15, 0.2) is 0 Å². The van der Waals surface area contributed by atoms with Gasteiger partial charge in [0.1, 0.15) is 24.4 Å². The molecule has 0 aromatic carbocycles. The van der Waals surface area contributed by atoms with Gasteiger partial charge < -0.3 is 41.7 Å². The van der Waals surface area contributed by atoms with Gasteiger partial charge in [0.2, 0.25) is 0 Å². The molecule has 0 saturated heterocycles. The third-order valence-electron chi connectivity index (χ3n) is 1.74. The number of aliphatic hydroxyl groups excluding tert-OH is 5. The van der Waals surface area contributed by atoms with Crippen molar-refractivity contribution in [3.63, 3.8) is 0 Å². The summed E-state index contributed by atoms with van der Waals surface area (Å²) in [7, 11) is -2.10. The van der Waals surface area contributed by atoms with Crippen LogP contribution in [0.2, 0.25) is 0 Å². The molecule has 0 rings (SSSR count). The molecule has 0 aromatic heterocycles. The summed E-state index contributed by atoms with van der Waals surface area (Å²) in [5.41, 5.74) is 0. The molecule has 0 heterocycles. The first-order valence-electron chi connectivity index (χ1n) is 4.21. The maximum Gasteiger partial charge on any atom is 1.00 e. The van der Waals surface area contributed by atoms with Crippen LogP contribution in [-0.2, 0) is 4.65 Å². The van der Waals surface area contributed by atoms with Crippen molar-refractivity contribution in [2.75, 3.05) is 13.2 Å². The third-order valence-corrected chi connectivity index (χ3v) is 1.74. The average Bonchev–Trinajstić information content (AvgIpc) is 2.22. The maximum absolute atomic E-state index is 9.19. The fourth-order valence-electron chi connectivity index (χ4n) is 0.846. The SMILES string of the molecule is OC[C@@H](O)[C@@H](O)[C@H](O)[C@H](O)COB(O)O.[H-].[Na+]. The Hall–Kier alpha value is 0.745. The molecule has 0 unspecified atom stereocenters. The molecule has 7 N–H and O–H groups in total. The van der Waals surface area contributed by atoms with Crippen LogP contribution >= 0.6 is 0 Å². The van der Waals surface area contributed by atoms with E-state index in [1.54, 1.807) is 0 Å². The van der Waals surface area contributed by atoms with E-state index in [0.29, 0.717) is 0 Å². The van der Waals surface area contributed by atoms with Crippen molar-refractivity contribution in [1.29, 1.82) is 0 Å². The number of rotatable bonds is 7. The summed E-state index contributed by atoms with van der Waals surface area (Å²) in [5, 5.41) is 61.3. The third kappa shape index (κ3) is 7.15. The molecule has 4 atom stereocenters. The zero-order chi connectivity index (χ0) is 12.0. The summed E-state index contributed by atoms with van der Waals surface area (Å²) in [5.74, 6) is 0. The van der Waals surface area contributed by atoms with Gasteiger partial charge in [-0.3, -0.25) is 0 Å².